The molecule has 33 heavy (non-hydrogen) atoms. The van der Waals surface area contributed by atoms with Gasteiger partial charge in [-0.05, 0) is 56.9 Å². The zero-order valence-electron chi connectivity index (χ0n) is 18.7. The standard InChI is InChI=1S/C22H34ClF3N6O/c23-17-7-14(1-2-16(17)22(24,25)26)18-29-9-15(10-30-20(33)21(12-28)4-5-21)19(31-18)32-6-3-13(8-27)11-32/h13-19,29,31H,1-11,27H2,(H,30,33). The Balaban J connectivity index is 1.39. The number of hydrogen-bond acceptors (Lipinski definition) is 6. The van der Waals surface area contributed by atoms with Crippen LogP contribution in [-0.4, -0.2) is 67.4 Å². The van der Waals surface area contributed by atoms with Crippen molar-refractivity contribution < 1.29 is 18.0 Å². The maximum Gasteiger partial charge on any atom is 0.393 e. The lowest BCUT2D eigenvalue weighted by atomic mass is 9.79. The van der Waals surface area contributed by atoms with Crippen molar-refractivity contribution >= 4 is 17.5 Å². The molecule has 0 radical (unpaired) electrons. The van der Waals surface area contributed by atoms with Crippen molar-refractivity contribution in [2.45, 2.75) is 62.4 Å². The summed E-state index contributed by atoms with van der Waals surface area (Å²) in [6, 6.07) is 2.13. The van der Waals surface area contributed by atoms with Gasteiger partial charge in [0.15, 0.2) is 0 Å². The first-order valence-corrected chi connectivity index (χ1v) is 12.4. The Labute approximate surface area is 197 Å². The van der Waals surface area contributed by atoms with Gasteiger partial charge in [0.2, 0.25) is 5.91 Å². The summed E-state index contributed by atoms with van der Waals surface area (Å²) in [4.78, 5) is 14.8. The SMILES string of the molecule is N#CC1(C(=O)NCC2CNC(C3CCC(C(F)(F)F)C(Cl)C3)NC2N2CCC(CN)C2)CC1. The first-order valence-electron chi connectivity index (χ1n) is 12.0. The van der Waals surface area contributed by atoms with Gasteiger partial charge in [-0.2, -0.15) is 18.4 Å². The van der Waals surface area contributed by atoms with E-state index in [0.717, 1.165) is 19.5 Å². The number of amides is 1. The van der Waals surface area contributed by atoms with Gasteiger partial charge in [-0.15, -0.1) is 11.6 Å². The molecule has 0 spiro atoms. The smallest absolute Gasteiger partial charge is 0.354 e. The molecule has 4 fully saturated rings. The Kier molecular flexibility index (Phi) is 7.47. The van der Waals surface area contributed by atoms with Crippen LogP contribution in [0.1, 0.15) is 38.5 Å². The van der Waals surface area contributed by atoms with Gasteiger partial charge in [-0.1, -0.05) is 0 Å². The highest BCUT2D eigenvalue weighted by Crippen LogP contribution is 2.45. The number of hydrogen-bond donors (Lipinski definition) is 4. The molecule has 2 heterocycles. The number of nitrogens with one attached hydrogen (secondary N) is 3. The van der Waals surface area contributed by atoms with E-state index in [4.69, 9.17) is 17.3 Å². The van der Waals surface area contributed by atoms with Gasteiger partial charge in [0.25, 0.3) is 0 Å². The molecule has 0 aromatic carbocycles. The van der Waals surface area contributed by atoms with Crippen LogP contribution in [0.3, 0.4) is 0 Å². The van der Waals surface area contributed by atoms with Crippen LogP contribution in [0.25, 0.3) is 0 Å². The Bertz CT molecular complexity index is 757. The number of carbonyl (C=O) groups excluding carboxylic acids is 1. The molecule has 2 aliphatic carbocycles. The summed E-state index contributed by atoms with van der Waals surface area (Å²) >= 11 is 6.18. The molecule has 2 aliphatic heterocycles. The van der Waals surface area contributed by atoms with Gasteiger partial charge in [-0.3, -0.25) is 15.0 Å². The highest BCUT2D eigenvalue weighted by atomic mass is 35.5. The molecule has 7 nitrogen and oxygen atoms in total. The topological polar surface area (TPSA) is 106 Å². The first kappa shape index (κ1) is 25.0. The van der Waals surface area contributed by atoms with Gasteiger partial charge in [0.05, 0.1) is 24.3 Å². The number of nitrogens with two attached hydrogens (primary N) is 1. The van der Waals surface area contributed by atoms with Crippen LogP contribution in [-0.2, 0) is 4.79 Å². The Morgan fingerprint density at radius 2 is 2.06 bits per heavy atom. The third-order valence-corrected chi connectivity index (χ3v) is 8.55. The monoisotopic (exact) mass is 490 g/mol. The lowest BCUT2D eigenvalue weighted by Crippen LogP contribution is -2.67. The highest BCUT2D eigenvalue weighted by molar-refractivity contribution is 6.20. The molecule has 0 aromatic rings. The van der Waals surface area contributed by atoms with E-state index < -0.39 is 22.9 Å². The zero-order chi connectivity index (χ0) is 23.8. The molecule has 2 saturated carbocycles. The van der Waals surface area contributed by atoms with Crippen molar-refractivity contribution in [2.75, 3.05) is 32.7 Å². The second-order valence-electron chi connectivity index (χ2n) is 10.3. The van der Waals surface area contributed by atoms with Crippen molar-refractivity contribution in [3.05, 3.63) is 0 Å². The van der Waals surface area contributed by atoms with E-state index in [2.05, 4.69) is 26.9 Å². The average molecular weight is 491 g/mol. The third kappa shape index (κ3) is 5.43. The van der Waals surface area contributed by atoms with Crippen LogP contribution >= 0.6 is 11.6 Å². The van der Waals surface area contributed by atoms with E-state index in [1.54, 1.807) is 0 Å². The largest absolute Gasteiger partial charge is 0.393 e. The number of nitrogens with zero attached hydrogens (tertiary/aromatic N) is 2. The molecule has 11 heteroatoms. The average Bonchev–Trinajstić information content (AvgIpc) is 3.45. The van der Waals surface area contributed by atoms with Crippen LogP contribution in [0.5, 0.6) is 0 Å². The fourth-order valence-corrected chi connectivity index (χ4v) is 6.19. The Morgan fingerprint density at radius 3 is 2.64 bits per heavy atom. The summed E-state index contributed by atoms with van der Waals surface area (Å²) in [5.41, 5.74) is 5.02. The molecular weight excluding hydrogens is 457 g/mol. The van der Waals surface area contributed by atoms with Gasteiger partial charge in [-0.25, -0.2) is 0 Å². The molecule has 0 aromatic heterocycles. The second-order valence-corrected chi connectivity index (χ2v) is 10.8. The van der Waals surface area contributed by atoms with Crippen molar-refractivity contribution in [2.24, 2.45) is 34.8 Å². The molecular formula is C22H34ClF3N6O. The predicted molar refractivity (Wildman–Crippen MR) is 118 cm³/mol. The molecule has 4 aliphatic rings. The van der Waals surface area contributed by atoms with Gasteiger partial charge in [0.1, 0.15) is 5.41 Å². The quantitative estimate of drug-likeness (QED) is 0.423. The summed E-state index contributed by atoms with van der Waals surface area (Å²) in [5, 5.41) is 18.4. The fourth-order valence-electron chi connectivity index (χ4n) is 5.69. The van der Waals surface area contributed by atoms with Crippen molar-refractivity contribution in [1.29, 1.82) is 5.26 Å². The van der Waals surface area contributed by atoms with E-state index in [1.807, 2.05) is 0 Å². The second kappa shape index (κ2) is 9.86. The van der Waals surface area contributed by atoms with Crippen LogP contribution in [0.15, 0.2) is 0 Å². The molecule has 5 N–H and O–H groups in total. The van der Waals surface area contributed by atoms with E-state index in [0.29, 0.717) is 51.2 Å². The number of halogens is 4. The van der Waals surface area contributed by atoms with E-state index in [-0.39, 0.29) is 36.5 Å². The van der Waals surface area contributed by atoms with Gasteiger partial charge >= 0.3 is 6.18 Å². The number of likely N-dealkylation sites (tertiary alicyclic amines) is 1. The lowest BCUT2D eigenvalue weighted by Gasteiger charge is -2.47. The van der Waals surface area contributed by atoms with Crippen molar-refractivity contribution in [1.82, 2.24) is 20.9 Å². The maximum absolute atomic E-state index is 13.2. The molecule has 7 unspecified atom stereocenters. The van der Waals surface area contributed by atoms with E-state index in [9.17, 15) is 23.2 Å². The summed E-state index contributed by atoms with van der Waals surface area (Å²) in [6.07, 6.45) is -1.40. The van der Waals surface area contributed by atoms with Crippen LogP contribution in [0.2, 0.25) is 0 Å². The molecule has 186 valence electrons. The number of nitriles is 1. The number of alkyl halides is 4. The zero-order valence-corrected chi connectivity index (χ0v) is 19.5. The summed E-state index contributed by atoms with van der Waals surface area (Å²) in [7, 11) is 0. The third-order valence-electron chi connectivity index (χ3n) is 8.07. The van der Waals surface area contributed by atoms with Crippen LogP contribution < -0.4 is 21.7 Å². The maximum atomic E-state index is 13.2. The molecule has 4 rings (SSSR count). The van der Waals surface area contributed by atoms with Crippen LogP contribution in [0, 0.1) is 40.4 Å². The number of carbonyl (C=O) groups is 1. The predicted octanol–water partition coefficient (Wildman–Crippen LogP) is 1.73. The summed E-state index contributed by atoms with van der Waals surface area (Å²) < 4.78 is 39.7. The van der Waals surface area contributed by atoms with E-state index in [1.165, 1.54) is 0 Å². The van der Waals surface area contributed by atoms with Gasteiger partial charge < -0.3 is 16.4 Å². The van der Waals surface area contributed by atoms with Crippen molar-refractivity contribution in [3.63, 3.8) is 0 Å². The minimum atomic E-state index is -4.26. The minimum absolute atomic E-state index is 0.00497. The summed E-state index contributed by atoms with van der Waals surface area (Å²) in [5.74, 6) is -1.17. The van der Waals surface area contributed by atoms with Crippen molar-refractivity contribution in [3.8, 4) is 6.07 Å². The molecule has 2 saturated heterocycles. The number of rotatable bonds is 6. The minimum Gasteiger partial charge on any atom is -0.354 e. The first-order chi connectivity index (χ1) is 15.7. The van der Waals surface area contributed by atoms with Gasteiger partial charge in [0, 0.05) is 37.5 Å². The van der Waals surface area contributed by atoms with Crippen LogP contribution in [0.4, 0.5) is 13.2 Å². The Morgan fingerprint density at radius 1 is 1.30 bits per heavy atom. The molecule has 1 amide bonds. The molecule has 0 bridgehead atoms. The van der Waals surface area contributed by atoms with E-state index >= 15 is 0 Å². The molecule has 7 atom stereocenters. The lowest BCUT2D eigenvalue weighted by molar-refractivity contribution is -0.183. The normalized spacial score (nSPS) is 39.1. The fraction of sp³-hybridized carbons (Fsp3) is 0.909. The highest BCUT2D eigenvalue weighted by Gasteiger charge is 2.51. The summed E-state index contributed by atoms with van der Waals surface area (Å²) in [6.45, 7) is 3.41. The Hall–Kier alpha value is -1.12.